The molecule has 0 spiro atoms. The molecule has 3 rings (SSSR count). The van der Waals surface area contributed by atoms with Gasteiger partial charge in [0, 0.05) is 0 Å². The lowest BCUT2D eigenvalue weighted by Gasteiger charge is -2.30. The summed E-state index contributed by atoms with van der Waals surface area (Å²) in [6.07, 6.45) is 0.465. The van der Waals surface area contributed by atoms with Gasteiger partial charge in [-0.15, -0.1) is 0 Å². The minimum Gasteiger partial charge on any atom is -0.479 e. The quantitative estimate of drug-likeness (QED) is 0.435. The first-order chi connectivity index (χ1) is 14.2. The van der Waals surface area contributed by atoms with E-state index >= 15 is 0 Å². The zero-order valence-corrected chi connectivity index (χ0v) is 17.4. The Morgan fingerprint density at radius 3 is 2.43 bits per heavy atom. The molecule has 2 aromatic rings. The topological polar surface area (TPSA) is 95.9 Å². The van der Waals surface area contributed by atoms with Crippen LogP contribution in [0.15, 0.2) is 48.0 Å². The number of aliphatic carboxylic acids is 1. The van der Waals surface area contributed by atoms with Gasteiger partial charge in [-0.05, 0) is 68.4 Å². The molecule has 0 aliphatic carbocycles. The van der Waals surface area contributed by atoms with Gasteiger partial charge in [-0.3, -0.25) is 19.8 Å². The molecule has 1 unspecified atom stereocenters. The standard InChI is InChI=1S/C22H20N2O5S/c1-12-4-9-18(13(2)10-12)24-20(26)17(19(25)23-22(24)30)11-15-5-7-16(8-6-15)29-14(3)21(27)28/h4-11,14H,1-3H3,(H,27,28)(H,23,25,30). The number of carbonyl (C=O) groups is 3. The molecule has 1 fully saturated rings. The molecule has 1 saturated heterocycles. The van der Waals surface area contributed by atoms with Gasteiger partial charge >= 0.3 is 5.97 Å². The highest BCUT2D eigenvalue weighted by Crippen LogP contribution is 2.26. The van der Waals surface area contributed by atoms with E-state index < -0.39 is 23.9 Å². The fourth-order valence-electron chi connectivity index (χ4n) is 3.00. The molecule has 0 saturated carbocycles. The Kier molecular flexibility index (Phi) is 5.98. The highest BCUT2D eigenvalue weighted by atomic mass is 32.1. The third-order valence-electron chi connectivity index (χ3n) is 4.55. The molecule has 2 N–H and O–H groups in total. The number of anilines is 1. The van der Waals surface area contributed by atoms with Crippen LogP contribution in [0.2, 0.25) is 0 Å². The largest absolute Gasteiger partial charge is 0.479 e. The molecular formula is C22H20N2O5S. The van der Waals surface area contributed by atoms with Crippen LogP contribution in [0, 0.1) is 13.8 Å². The van der Waals surface area contributed by atoms with Crippen LogP contribution in [-0.2, 0) is 14.4 Å². The zero-order chi connectivity index (χ0) is 22.0. The average molecular weight is 424 g/mol. The van der Waals surface area contributed by atoms with Crippen LogP contribution in [0.3, 0.4) is 0 Å². The summed E-state index contributed by atoms with van der Waals surface area (Å²) in [5, 5.41) is 11.5. The summed E-state index contributed by atoms with van der Waals surface area (Å²) in [6.45, 7) is 5.24. The van der Waals surface area contributed by atoms with Crippen molar-refractivity contribution in [2.75, 3.05) is 4.90 Å². The second-order valence-corrected chi connectivity index (χ2v) is 7.30. The number of benzene rings is 2. The molecule has 30 heavy (non-hydrogen) atoms. The van der Waals surface area contributed by atoms with Crippen molar-refractivity contribution in [1.29, 1.82) is 0 Å². The van der Waals surface area contributed by atoms with Crippen LogP contribution in [0.4, 0.5) is 5.69 Å². The zero-order valence-electron chi connectivity index (χ0n) is 16.6. The van der Waals surface area contributed by atoms with Crippen molar-refractivity contribution in [2.24, 2.45) is 0 Å². The summed E-state index contributed by atoms with van der Waals surface area (Å²) < 4.78 is 5.28. The lowest BCUT2D eigenvalue weighted by molar-refractivity contribution is -0.144. The van der Waals surface area contributed by atoms with Gasteiger partial charge in [0.15, 0.2) is 11.2 Å². The van der Waals surface area contributed by atoms with E-state index in [4.69, 9.17) is 22.1 Å². The minimum atomic E-state index is -1.08. The van der Waals surface area contributed by atoms with E-state index in [0.717, 1.165) is 11.1 Å². The molecule has 8 heteroatoms. The van der Waals surface area contributed by atoms with Crippen LogP contribution < -0.4 is 15.0 Å². The fraction of sp³-hybridized carbons (Fsp3) is 0.182. The monoisotopic (exact) mass is 424 g/mol. The highest BCUT2D eigenvalue weighted by Gasteiger charge is 2.35. The van der Waals surface area contributed by atoms with Gasteiger partial charge in [-0.1, -0.05) is 29.8 Å². The summed E-state index contributed by atoms with van der Waals surface area (Å²) >= 11 is 5.23. The molecule has 154 valence electrons. The molecule has 1 heterocycles. The van der Waals surface area contributed by atoms with E-state index in [0.29, 0.717) is 17.0 Å². The van der Waals surface area contributed by atoms with E-state index in [1.54, 1.807) is 30.3 Å². The van der Waals surface area contributed by atoms with Crippen LogP contribution in [0.25, 0.3) is 6.08 Å². The van der Waals surface area contributed by atoms with E-state index in [-0.39, 0.29) is 10.7 Å². The molecule has 7 nitrogen and oxygen atoms in total. The molecule has 2 aromatic carbocycles. The SMILES string of the molecule is Cc1ccc(N2C(=O)C(=Cc3ccc(OC(C)C(=O)O)cc3)C(=O)NC2=S)c(C)c1. The van der Waals surface area contributed by atoms with Crippen LogP contribution >= 0.6 is 12.2 Å². The van der Waals surface area contributed by atoms with E-state index in [1.807, 2.05) is 26.0 Å². The fourth-order valence-corrected chi connectivity index (χ4v) is 3.27. The van der Waals surface area contributed by atoms with Crippen LogP contribution in [0.1, 0.15) is 23.6 Å². The van der Waals surface area contributed by atoms with Gasteiger partial charge in [-0.25, -0.2) is 4.79 Å². The minimum absolute atomic E-state index is 0.0282. The van der Waals surface area contributed by atoms with E-state index in [9.17, 15) is 14.4 Å². The molecule has 1 aliphatic rings. The second-order valence-electron chi connectivity index (χ2n) is 6.92. The Balaban J connectivity index is 1.90. The van der Waals surface area contributed by atoms with Gasteiger partial charge < -0.3 is 9.84 Å². The van der Waals surface area contributed by atoms with E-state index in [2.05, 4.69) is 5.32 Å². The number of carboxylic acids is 1. The number of hydrogen-bond acceptors (Lipinski definition) is 5. The first-order valence-corrected chi connectivity index (χ1v) is 9.56. The summed E-state index contributed by atoms with van der Waals surface area (Å²) in [7, 11) is 0. The van der Waals surface area contributed by atoms with E-state index in [1.165, 1.54) is 17.9 Å². The van der Waals surface area contributed by atoms with Crippen molar-refractivity contribution in [2.45, 2.75) is 26.9 Å². The number of aryl methyl sites for hydroxylation is 2. The molecule has 2 amide bonds. The lowest BCUT2D eigenvalue weighted by Crippen LogP contribution is -2.54. The maximum Gasteiger partial charge on any atom is 0.344 e. The summed E-state index contributed by atoms with van der Waals surface area (Å²) in [5.74, 6) is -1.81. The first kappa shape index (κ1) is 21.2. The number of nitrogens with one attached hydrogen (secondary N) is 1. The summed E-state index contributed by atoms with van der Waals surface area (Å²) in [4.78, 5) is 37.7. The van der Waals surface area contributed by atoms with Crippen LogP contribution in [-0.4, -0.2) is 34.1 Å². The predicted molar refractivity (Wildman–Crippen MR) is 116 cm³/mol. The number of ether oxygens (including phenoxy) is 1. The molecule has 0 bridgehead atoms. The number of amides is 2. The van der Waals surface area contributed by atoms with Gasteiger partial charge in [0.1, 0.15) is 11.3 Å². The Morgan fingerprint density at radius 1 is 1.17 bits per heavy atom. The second kappa shape index (κ2) is 8.46. The van der Waals surface area contributed by atoms with Gasteiger partial charge in [0.05, 0.1) is 5.69 Å². The summed E-state index contributed by atoms with van der Waals surface area (Å²) in [5.41, 5.74) is 3.03. The number of thiocarbonyl (C=S) groups is 1. The number of nitrogens with zero attached hydrogens (tertiary/aromatic N) is 1. The maximum atomic E-state index is 13.1. The Hall–Kier alpha value is -3.52. The van der Waals surface area contributed by atoms with Crippen molar-refractivity contribution < 1.29 is 24.2 Å². The van der Waals surface area contributed by atoms with Crippen molar-refractivity contribution in [1.82, 2.24) is 5.32 Å². The number of carboxylic acid groups (broad SMARTS) is 1. The molecule has 0 radical (unpaired) electrons. The molecular weight excluding hydrogens is 404 g/mol. The van der Waals surface area contributed by atoms with Crippen molar-refractivity contribution in [3.63, 3.8) is 0 Å². The van der Waals surface area contributed by atoms with Crippen molar-refractivity contribution in [3.05, 3.63) is 64.7 Å². The lowest BCUT2D eigenvalue weighted by atomic mass is 10.0. The van der Waals surface area contributed by atoms with Crippen LogP contribution in [0.5, 0.6) is 5.75 Å². The van der Waals surface area contributed by atoms with Gasteiger partial charge in [-0.2, -0.15) is 0 Å². The Labute approximate surface area is 179 Å². The Morgan fingerprint density at radius 2 is 1.83 bits per heavy atom. The molecule has 1 atom stereocenters. The normalized spacial score (nSPS) is 16.4. The number of rotatable bonds is 5. The maximum absolute atomic E-state index is 13.1. The predicted octanol–water partition coefficient (Wildman–Crippen LogP) is 2.99. The number of hydrogen-bond donors (Lipinski definition) is 2. The number of carbonyl (C=O) groups excluding carboxylic acids is 2. The molecule has 0 aromatic heterocycles. The Bertz CT molecular complexity index is 1080. The summed E-state index contributed by atoms with van der Waals surface area (Å²) in [6, 6.07) is 12.0. The van der Waals surface area contributed by atoms with Crippen molar-refractivity contribution in [3.8, 4) is 5.75 Å². The third-order valence-corrected chi connectivity index (χ3v) is 4.83. The third kappa shape index (κ3) is 4.38. The first-order valence-electron chi connectivity index (χ1n) is 9.15. The van der Waals surface area contributed by atoms with Crippen molar-refractivity contribution >= 4 is 46.9 Å². The average Bonchev–Trinajstić information content (AvgIpc) is 2.67. The smallest absolute Gasteiger partial charge is 0.344 e. The van der Waals surface area contributed by atoms with Gasteiger partial charge in [0.25, 0.3) is 11.8 Å². The van der Waals surface area contributed by atoms with Gasteiger partial charge in [0.2, 0.25) is 0 Å². The highest BCUT2D eigenvalue weighted by molar-refractivity contribution is 7.80. The molecule has 1 aliphatic heterocycles.